The number of aromatic nitrogens is 2. The molecule has 0 unspecified atom stereocenters. The van der Waals surface area contributed by atoms with Gasteiger partial charge < -0.3 is 14.5 Å². The number of piperazine rings is 1. The van der Waals surface area contributed by atoms with E-state index in [2.05, 4.69) is 31.9 Å². The minimum absolute atomic E-state index is 0.212. The topological polar surface area (TPSA) is 61.8 Å². The molecule has 2 aromatic rings. The Hall–Kier alpha value is -2.51. The van der Waals surface area contributed by atoms with Gasteiger partial charge in [0.2, 0.25) is 11.9 Å². The highest BCUT2D eigenvalue weighted by molar-refractivity contribution is 5.76. The minimum Gasteiger partial charge on any atom is -0.383 e. The predicted molar refractivity (Wildman–Crippen MR) is 109 cm³/mol. The van der Waals surface area contributed by atoms with Crippen molar-refractivity contribution in [1.29, 1.82) is 0 Å². The summed E-state index contributed by atoms with van der Waals surface area (Å²) < 4.78 is 5.23. The lowest BCUT2D eigenvalue weighted by Crippen LogP contribution is -2.49. The van der Waals surface area contributed by atoms with Crippen LogP contribution in [-0.4, -0.2) is 78.7 Å². The summed E-state index contributed by atoms with van der Waals surface area (Å²) >= 11 is 0. The van der Waals surface area contributed by atoms with Crippen molar-refractivity contribution in [1.82, 2.24) is 19.8 Å². The summed E-state index contributed by atoms with van der Waals surface area (Å²) in [6, 6.07) is 12.2. The lowest BCUT2D eigenvalue weighted by atomic mass is 10.2. The normalized spacial score (nSPS) is 14.5. The molecule has 1 fully saturated rings. The molecule has 0 saturated carbocycles. The molecule has 0 bridgehead atoms. The van der Waals surface area contributed by atoms with Crippen LogP contribution in [0, 0.1) is 0 Å². The van der Waals surface area contributed by atoms with Gasteiger partial charge in [0.25, 0.3) is 0 Å². The van der Waals surface area contributed by atoms with Crippen LogP contribution in [0.3, 0.4) is 0 Å². The van der Waals surface area contributed by atoms with E-state index in [0.29, 0.717) is 26.1 Å². The lowest BCUT2D eigenvalue weighted by Gasteiger charge is -2.35. The van der Waals surface area contributed by atoms with Crippen molar-refractivity contribution in [2.24, 2.45) is 0 Å². The highest BCUT2D eigenvalue weighted by atomic mass is 16.5. The molecule has 0 aliphatic carbocycles. The van der Waals surface area contributed by atoms with Gasteiger partial charge in [0.05, 0.1) is 6.61 Å². The molecule has 1 aliphatic heterocycles. The lowest BCUT2D eigenvalue weighted by molar-refractivity contribution is -0.131. The third-order valence-corrected chi connectivity index (χ3v) is 4.97. The maximum absolute atomic E-state index is 12.7. The van der Waals surface area contributed by atoms with Crippen molar-refractivity contribution >= 4 is 11.9 Å². The molecular weight excluding hydrogens is 354 g/mol. The quantitative estimate of drug-likeness (QED) is 0.656. The maximum atomic E-state index is 12.7. The summed E-state index contributed by atoms with van der Waals surface area (Å²) in [7, 11) is 1.71. The first-order valence-corrected chi connectivity index (χ1v) is 9.81. The van der Waals surface area contributed by atoms with Crippen LogP contribution in [0.25, 0.3) is 0 Å². The van der Waals surface area contributed by atoms with Gasteiger partial charge in [-0.1, -0.05) is 30.3 Å². The van der Waals surface area contributed by atoms with E-state index in [0.717, 1.165) is 38.7 Å². The van der Waals surface area contributed by atoms with Gasteiger partial charge in [-0.3, -0.25) is 9.69 Å². The number of hydrogen-bond acceptors (Lipinski definition) is 6. The second-order valence-corrected chi connectivity index (χ2v) is 6.92. The van der Waals surface area contributed by atoms with E-state index in [4.69, 9.17) is 4.74 Å². The van der Waals surface area contributed by atoms with E-state index >= 15 is 0 Å². The fourth-order valence-electron chi connectivity index (χ4n) is 3.35. The number of benzene rings is 1. The van der Waals surface area contributed by atoms with Crippen LogP contribution < -0.4 is 4.90 Å². The minimum atomic E-state index is 0.212. The first kappa shape index (κ1) is 20.2. The van der Waals surface area contributed by atoms with Gasteiger partial charge in [0.15, 0.2) is 0 Å². The zero-order valence-corrected chi connectivity index (χ0v) is 16.5. The van der Waals surface area contributed by atoms with Gasteiger partial charge >= 0.3 is 0 Å². The zero-order chi connectivity index (χ0) is 19.6. The van der Waals surface area contributed by atoms with Gasteiger partial charge in [-0.25, -0.2) is 9.97 Å². The van der Waals surface area contributed by atoms with Crippen LogP contribution in [0.15, 0.2) is 48.8 Å². The predicted octanol–water partition coefficient (Wildman–Crippen LogP) is 1.66. The van der Waals surface area contributed by atoms with Gasteiger partial charge in [0, 0.05) is 71.7 Å². The summed E-state index contributed by atoms with van der Waals surface area (Å²) in [5, 5.41) is 0. The Morgan fingerprint density at radius 1 is 1.04 bits per heavy atom. The summed E-state index contributed by atoms with van der Waals surface area (Å²) in [6.45, 7) is 6.02. The second kappa shape index (κ2) is 10.7. The Labute approximate surface area is 166 Å². The first-order chi connectivity index (χ1) is 13.8. The number of rotatable bonds is 9. The molecule has 7 heteroatoms. The summed E-state index contributed by atoms with van der Waals surface area (Å²) in [6.07, 6.45) is 4.03. The van der Waals surface area contributed by atoms with E-state index in [1.165, 1.54) is 5.56 Å². The number of amides is 1. The Kier molecular flexibility index (Phi) is 7.75. The molecule has 0 atom stereocenters. The standard InChI is InChI=1S/C21H29N5O2/c1-28-17-16-24(18-19-6-3-2-4-7-19)11-8-20(27)25-12-14-26(15-13-25)21-22-9-5-10-23-21/h2-7,9-10H,8,11-18H2,1H3. The van der Waals surface area contributed by atoms with Crippen LogP contribution >= 0.6 is 0 Å². The van der Waals surface area contributed by atoms with Crippen LogP contribution in [0.4, 0.5) is 5.95 Å². The number of carbonyl (C=O) groups excluding carboxylic acids is 1. The molecule has 2 heterocycles. The third-order valence-electron chi connectivity index (χ3n) is 4.97. The van der Waals surface area contributed by atoms with Crippen molar-refractivity contribution in [3.05, 3.63) is 54.4 Å². The van der Waals surface area contributed by atoms with Gasteiger partial charge in [0.1, 0.15) is 0 Å². The Balaban J connectivity index is 1.46. The Morgan fingerprint density at radius 2 is 1.75 bits per heavy atom. The van der Waals surface area contributed by atoms with E-state index in [1.54, 1.807) is 19.5 Å². The summed E-state index contributed by atoms with van der Waals surface area (Å²) in [5.74, 6) is 0.951. The van der Waals surface area contributed by atoms with Crippen LogP contribution in [0.1, 0.15) is 12.0 Å². The summed E-state index contributed by atoms with van der Waals surface area (Å²) in [5.41, 5.74) is 1.25. The Morgan fingerprint density at radius 3 is 2.43 bits per heavy atom. The molecule has 0 N–H and O–H groups in total. The highest BCUT2D eigenvalue weighted by Crippen LogP contribution is 2.11. The van der Waals surface area contributed by atoms with E-state index in [1.807, 2.05) is 29.2 Å². The summed E-state index contributed by atoms with van der Waals surface area (Å²) in [4.78, 5) is 27.6. The number of anilines is 1. The molecule has 0 radical (unpaired) electrons. The first-order valence-electron chi connectivity index (χ1n) is 9.81. The number of ether oxygens (including phenoxy) is 1. The monoisotopic (exact) mass is 383 g/mol. The average Bonchev–Trinajstić information content (AvgIpc) is 2.77. The molecule has 1 aromatic carbocycles. The van der Waals surface area contributed by atoms with Crippen LogP contribution in [-0.2, 0) is 16.1 Å². The molecule has 150 valence electrons. The zero-order valence-electron chi connectivity index (χ0n) is 16.5. The molecular formula is C21H29N5O2. The van der Waals surface area contributed by atoms with E-state index < -0.39 is 0 Å². The molecule has 3 rings (SSSR count). The van der Waals surface area contributed by atoms with E-state index in [9.17, 15) is 4.79 Å². The van der Waals surface area contributed by atoms with Gasteiger partial charge in [-0.2, -0.15) is 0 Å². The number of methoxy groups -OCH3 is 1. The van der Waals surface area contributed by atoms with Crippen molar-refractivity contribution in [3.8, 4) is 0 Å². The second-order valence-electron chi connectivity index (χ2n) is 6.92. The number of carbonyl (C=O) groups is 1. The van der Waals surface area contributed by atoms with Gasteiger partial charge in [-0.05, 0) is 11.6 Å². The fourth-order valence-corrected chi connectivity index (χ4v) is 3.35. The van der Waals surface area contributed by atoms with Crippen molar-refractivity contribution in [2.75, 3.05) is 57.9 Å². The third kappa shape index (κ3) is 6.00. The van der Waals surface area contributed by atoms with Crippen molar-refractivity contribution in [2.45, 2.75) is 13.0 Å². The molecule has 1 amide bonds. The highest BCUT2D eigenvalue weighted by Gasteiger charge is 2.22. The van der Waals surface area contributed by atoms with Crippen LogP contribution in [0.2, 0.25) is 0 Å². The van der Waals surface area contributed by atoms with E-state index in [-0.39, 0.29) is 5.91 Å². The number of nitrogens with zero attached hydrogens (tertiary/aromatic N) is 5. The largest absolute Gasteiger partial charge is 0.383 e. The molecule has 1 aliphatic rings. The maximum Gasteiger partial charge on any atom is 0.225 e. The fraction of sp³-hybridized carbons (Fsp3) is 0.476. The number of hydrogen-bond donors (Lipinski definition) is 0. The smallest absolute Gasteiger partial charge is 0.225 e. The molecule has 0 spiro atoms. The SMILES string of the molecule is COCCN(CCC(=O)N1CCN(c2ncccn2)CC1)Cc1ccccc1. The Bertz CT molecular complexity index is 705. The van der Waals surface area contributed by atoms with Crippen molar-refractivity contribution in [3.63, 3.8) is 0 Å². The molecule has 7 nitrogen and oxygen atoms in total. The molecule has 1 aromatic heterocycles. The average molecular weight is 383 g/mol. The molecule has 28 heavy (non-hydrogen) atoms. The van der Waals surface area contributed by atoms with Crippen LogP contribution in [0.5, 0.6) is 0 Å². The van der Waals surface area contributed by atoms with Gasteiger partial charge in [-0.15, -0.1) is 0 Å². The van der Waals surface area contributed by atoms with Crippen molar-refractivity contribution < 1.29 is 9.53 Å². The molecule has 1 saturated heterocycles.